The quantitative estimate of drug-likeness (QED) is 0.0861. The molecule has 0 unspecified atom stereocenters. The van der Waals surface area contributed by atoms with Crippen LogP contribution in [0, 0.1) is 5.92 Å². The Balaban J connectivity index is 0.000000128. The molecule has 86 heavy (non-hydrogen) atoms. The van der Waals surface area contributed by atoms with Crippen LogP contribution in [0.3, 0.4) is 0 Å². The van der Waals surface area contributed by atoms with Gasteiger partial charge in [-0.2, -0.15) is 24.7 Å². The number of aliphatic hydroxyl groups is 1. The van der Waals surface area contributed by atoms with Gasteiger partial charge in [0.05, 0.1) is 59.4 Å². The molecule has 3 saturated heterocycles. The van der Waals surface area contributed by atoms with Gasteiger partial charge < -0.3 is 29.6 Å². The summed E-state index contributed by atoms with van der Waals surface area (Å²) in [6.45, 7) is 13.6. The first-order chi connectivity index (χ1) is 40.9. The van der Waals surface area contributed by atoms with Crippen molar-refractivity contribution >= 4 is 137 Å². The number of anilines is 3. The van der Waals surface area contributed by atoms with E-state index in [2.05, 4.69) is 95.7 Å². The van der Waals surface area contributed by atoms with Crippen LogP contribution >= 0.6 is 39.1 Å². The topological polar surface area (TPSA) is 260 Å². The third kappa shape index (κ3) is 14.6. The number of carbonyl (C=O) groups excluding carboxylic acids is 2. The van der Waals surface area contributed by atoms with Crippen molar-refractivity contribution in [3.63, 3.8) is 0 Å². The van der Waals surface area contributed by atoms with Gasteiger partial charge in [0, 0.05) is 151 Å². The van der Waals surface area contributed by atoms with E-state index in [4.69, 9.17) is 28.3 Å². The number of aliphatic hydroxyl groups excluding tert-OH is 1. The lowest BCUT2D eigenvalue weighted by molar-refractivity contribution is -0.134. The van der Waals surface area contributed by atoms with E-state index in [1.54, 1.807) is 29.4 Å². The van der Waals surface area contributed by atoms with Crippen molar-refractivity contribution in [1.29, 1.82) is 0 Å². The Kier molecular flexibility index (Phi) is 19.1. The van der Waals surface area contributed by atoms with E-state index in [1.165, 1.54) is 52.0 Å². The van der Waals surface area contributed by atoms with Crippen LogP contribution in [0.1, 0.15) is 69.9 Å². The number of rotatable bonds is 10. The highest BCUT2D eigenvalue weighted by Crippen LogP contribution is 2.44. The highest BCUT2D eigenvalue weighted by molar-refractivity contribution is 9.10. The minimum Gasteiger partial charge on any atom is -0.387 e. The number of H-pyrrole nitrogens is 4. The molecule has 1 saturated carbocycles. The molecule has 4 aromatic heterocycles. The number of carbonyl (C=O) groups is 2. The number of benzene rings is 4. The normalized spacial score (nSPS) is 18.0. The van der Waals surface area contributed by atoms with Gasteiger partial charge in [-0.05, 0) is 123 Å². The third-order valence-corrected chi connectivity index (χ3v) is 20.5. The van der Waals surface area contributed by atoms with Crippen LogP contribution in [0.5, 0.6) is 0 Å². The summed E-state index contributed by atoms with van der Waals surface area (Å²) in [7, 11) is -4.65. The van der Waals surface area contributed by atoms with Gasteiger partial charge in [0.25, 0.3) is 0 Å². The first-order valence-corrected chi connectivity index (χ1v) is 34.0. The molecule has 13 rings (SSSR count). The zero-order valence-corrected chi connectivity index (χ0v) is 53.9. The summed E-state index contributed by atoms with van der Waals surface area (Å²) in [5, 5.41) is 43.0. The van der Waals surface area contributed by atoms with E-state index in [1.807, 2.05) is 67.7 Å². The summed E-state index contributed by atoms with van der Waals surface area (Å²) in [6.07, 6.45) is 17.4. The Labute approximate surface area is 519 Å². The van der Waals surface area contributed by atoms with E-state index in [9.17, 15) is 26.4 Å². The van der Waals surface area contributed by atoms with Crippen molar-refractivity contribution in [2.45, 2.75) is 64.3 Å². The Bertz CT molecular complexity index is 4020. The Morgan fingerprint density at radius 1 is 0.663 bits per heavy atom. The number of halogens is 3. The van der Waals surface area contributed by atoms with Crippen LogP contribution < -0.4 is 14.7 Å². The standard InChI is InChI=1S/C17H24N4O2S.C15H21ClN4O2S.C14H14BrN3O.C13H15ClN4O2/c1-17(2)11-20(6-7-21(17)24(3,22)23)16-9-13(12-4-5-12)8-15-14(16)10-18-19-15;1-19(23(2,21)22)10-11-3-5-20(6-4-11)15-8-12(16)7-14-13(15)9-17-18-14;1-9(19)18-4-2-10(3-5-18)12-6-11(15)7-14-13(12)8-16-17-14;14-9-5-11-10(7-15-16-11)12(6-9)17-1-3-18(4-2-17)13(20)8-19/h8-10,12H,4-7,11H2,1-3H3,(H,18,19);7-9,11H,3-6,10H2,1-2H3,(H,17,18);2,6-8H,3-5H2,1H3,(H,16,17);5-7,19H,1-4,8H2,(H,15,16). The number of sulfonamides is 2. The van der Waals surface area contributed by atoms with Gasteiger partial charge in [0.2, 0.25) is 31.9 Å². The fourth-order valence-corrected chi connectivity index (χ4v) is 14.8. The number of fused-ring (bicyclic) bond motifs is 4. The lowest BCUT2D eigenvalue weighted by Gasteiger charge is -2.46. The molecule has 5 N–H and O–H groups in total. The van der Waals surface area contributed by atoms with Gasteiger partial charge in [-0.3, -0.25) is 30.0 Å². The lowest BCUT2D eigenvalue weighted by atomic mass is 9.96. The average molecular weight is 1320 g/mol. The van der Waals surface area contributed by atoms with Crippen molar-refractivity contribution in [3.05, 3.63) is 105 Å². The molecule has 27 heteroatoms. The smallest absolute Gasteiger partial charge is 0.248 e. The molecule has 4 aromatic carbocycles. The van der Waals surface area contributed by atoms with Crippen LogP contribution in [0.15, 0.2) is 83.9 Å². The van der Waals surface area contributed by atoms with E-state index in [-0.39, 0.29) is 11.8 Å². The molecular formula is C59H74BrCl2N15O7S2. The van der Waals surface area contributed by atoms with Gasteiger partial charge in [0.1, 0.15) is 6.61 Å². The number of hydrogen-bond acceptors (Lipinski definition) is 14. The number of aromatic amines is 4. The number of piperazine rings is 2. The van der Waals surface area contributed by atoms with Crippen LogP contribution in [0.25, 0.3) is 49.2 Å². The summed E-state index contributed by atoms with van der Waals surface area (Å²) < 4.78 is 51.3. The fraction of sp³-hybridized carbons (Fsp3) is 0.458. The van der Waals surface area contributed by atoms with Crippen LogP contribution in [0.2, 0.25) is 10.0 Å². The maximum Gasteiger partial charge on any atom is 0.248 e. The average Bonchev–Trinajstić information content (AvgIpc) is 4.07. The summed E-state index contributed by atoms with van der Waals surface area (Å²) in [5.74, 6) is 0.981. The minimum atomic E-state index is -3.19. The first kappa shape index (κ1) is 62.7. The molecule has 8 heterocycles. The second-order valence-electron chi connectivity index (χ2n) is 23.5. The van der Waals surface area contributed by atoms with Gasteiger partial charge >= 0.3 is 0 Å². The zero-order valence-electron chi connectivity index (χ0n) is 49.2. The SMILES string of the molecule is CC(=O)N1CC=C(c2cc(Br)cc3[nH]ncc23)CC1.CC1(C)CN(c2cc(C3CC3)cc3[nH]ncc23)CCN1S(C)(=O)=O.CN(CC1CCN(c2cc(Cl)cc3[nH]ncc23)CC1)S(C)(=O)=O.O=C(CO)N1CCN(c2cc(Cl)cc3[nH]ncc23)CC1. The van der Waals surface area contributed by atoms with Crippen molar-refractivity contribution < 1.29 is 31.5 Å². The van der Waals surface area contributed by atoms with Crippen LogP contribution in [-0.2, 0) is 29.6 Å². The van der Waals surface area contributed by atoms with E-state index < -0.39 is 32.2 Å². The van der Waals surface area contributed by atoms with Crippen LogP contribution in [-0.4, -0.2) is 203 Å². The molecule has 0 spiro atoms. The molecule has 2 amide bonds. The highest BCUT2D eigenvalue weighted by Gasteiger charge is 2.40. The third-order valence-electron chi connectivity index (χ3n) is 16.8. The van der Waals surface area contributed by atoms with Crippen molar-refractivity contribution in [1.82, 2.24) is 59.2 Å². The molecule has 8 aromatic rings. The number of amides is 2. The van der Waals surface area contributed by atoms with E-state index in [0.29, 0.717) is 80.8 Å². The molecule has 0 bridgehead atoms. The van der Waals surface area contributed by atoms with Crippen molar-refractivity contribution in [2.24, 2.45) is 5.92 Å². The number of nitrogens with one attached hydrogen (secondary N) is 4. The minimum absolute atomic E-state index is 0.137. The zero-order chi connectivity index (χ0) is 61.2. The summed E-state index contributed by atoms with van der Waals surface area (Å²) in [4.78, 5) is 33.1. The van der Waals surface area contributed by atoms with E-state index in [0.717, 1.165) is 98.4 Å². The molecule has 0 atom stereocenters. The largest absolute Gasteiger partial charge is 0.387 e. The molecule has 4 fully saturated rings. The number of piperidine rings is 1. The van der Waals surface area contributed by atoms with Crippen molar-refractivity contribution in [2.75, 3.05) is 119 Å². The summed E-state index contributed by atoms with van der Waals surface area (Å²) in [5.41, 5.74) is 10.6. The molecule has 22 nitrogen and oxygen atoms in total. The number of nitrogens with zero attached hydrogens (tertiary/aromatic N) is 11. The first-order valence-electron chi connectivity index (χ1n) is 28.8. The number of hydrogen-bond donors (Lipinski definition) is 5. The maximum atomic E-state index is 12.1. The second-order valence-corrected chi connectivity index (χ2v) is 29.2. The van der Waals surface area contributed by atoms with E-state index >= 15 is 0 Å². The predicted octanol–water partition coefficient (Wildman–Crippen LogP) is 8.44. The molecular weight excluding hydrogens is 1250 g/mol. The molecule has 460 valence electrons. The second kappa shape index (κ2) is 26.2. The fourth-order valence-electron chi connectivity index (χ4n) is 12.1. The van der Waals surface area contributed by atoms with Gasteiger partial charge in [-0.15, -0.1) is 0 Å². The Morgan fingerprint density at radius 2 is 1.17 bits per heavy atom. The molecule has 1 aliphatic carbocycles. The maximum absolute atomic E-state index is 12.1. The van der Waals surface area contributed by atoms with Crippen LogP contribution in [0.4, 0.5) is 17.1 Å². The van der Waals surface area contributed by atoms with Crippen molar-refractivity contribution in [3.8, 4) is 0 Å². The lowest BCUT2D eigenvalue weighted by Crippen LogP contribution is -2.60. The number of aromatic nitrogens is 8. The monoisotopic (exact) mass is 1320 g/mol. The van der Waals surface area contributed by atoms with Gasteiger partial charge in [-0.1, -0.05) is 45.2 Å². The Morgan fingerprint density at radius 3 is 1.66 bits per heavy atom. The summed E-state index contributed by atoms with van der Waals surface area (Å²) >= 11 is 15.9. The Hall–Kier alpha value is -6.32. The predicted molar refractivity (Wildman–Crippen MR) is 345 cm³/mol. The molecule has 4 aliphatic heterocycles. The molecule has 5 aliphatic rings. The van der Waals surface area contributed by atoms with Gasteiger partial charge in [0.15, 0.2) is 0 Å². The highest BCUT2D eigenvalue weighted by atomic mass is 79.9. The van der Waals surface area contributed by atoms with Gasteiger partial charge in [-0.25, -0.2) is 21.1 Å². The molecule has 0 radical (unpaired) electrons. The summed E-state index contributed by atoms with van der Waals surface area (Å²) in [6, 6.07) is 16.2.